The summed E-state index contributed by atoms with van der Waals surface area (Å²) >= 11 is 5.47. The molecule has 3 aromatic rings. The number of para-hydroxylation sites is 3. The van der Waals surface area contributed by atoms with Gasteiger partial charge in [0.05, 0.1) is 18.3 Å². The number of fused-ring (bicyclic) bond motifs is 3. The molecule has 2 aliphatic heterocycles. The second-order valence-corrected chi connectivity index (χ2v) is 8.58. The Hall–Kier alpha value is -3.46. The van der Waals surface area contributed by atoms with Gasteiger partial charge in [-0.15, -0.1) is 0 Å². The van der Waals surface area contributed by atoms with Crippen molar-refractivity contribution < 1.29 is 14.3 Å². The van der Waals surface area contributed by atoms with Gasteiger partial charge in [0, 0.05) is 38.0 Å². The van der Waals surface area contributed by atoms with Crippen LogP contribution >= 0.6 is 12.2 Å². The van der Waals surface area contributed by atoms with E-state index in [-0.39, 0.29) is 18.2 Å². The largest absolute Gasteiger partial charge is 0.495 e. The lowest BCUT2D eigenvalue weighted by molar-refractivity contribution is -0.131. The van der Waals surface area contributed by atoms with Gasteiger partial charge in [-0.05, 0) is 42.9 Å². The number of benzene rings is 2. The quantitative estimate of drug-likeness (QED) is 0.585. The number of aromatic nitrogens is 2. The lowest BCUT2D eigenvalue weighted by atomic mass is 10.1. The summed E-state index contributed by atoms with van der Waals surface area (Å²) in [7, 11) is 1.67. The molecular formula is C24H25N5O3S. The Kier molecular flexibility index (Phi) is 5.72. The molecule has 1 unspecified atom stereocenters. The van der Waals surface area contributed by atoms with E-state index in [1.807, 2.05) is 53.4 Å². The lowest BCUT2D eigenvalue weighted by Crippen LogP contribution is -2.49. The normalized spacial score (nSPS) is 17.7. The van der Waals surface area contributed by atoms with E-state index in [0.717, 1.165) is 35.4 Å². The van der Waals surface area contributed by atoms with Crippen LogP contribution in [0.5, 0.6) is 5.75 Å². The van der Waals surface area contributed by atoms with Crippen LogP contribution in [0, 0.1) is 4.77 Å². The minimum absolute atomic E-state index is 0.0520. The average molecular weight is 464 g/mol. The van der Waals surface area contributed by atoms with Gasteiger partial charge in [0.15, 0.2) is 0 Å². The summed E-state index contributed by atoms with van der Waals surface area (Å²) in [5, 5.41) is 3.79. The van der Waals surface area contributed by atoms with E-state index in [4.69, 9.17) is 17.0 Å². The van der Waals surface area contributed by atoms with Gasteiger partial charge >= 0.3 is 0 Å². The number of hydrogen-bond acceptors (Lipinski definition) is 6. The molecule has 5 rings (SSSR count). The SMILES string of the molecule is COc1ccccc1N1CCN(C(=O)CCC2C(=O)Nc3c4ccccc4nc(=S)n32)CC1. The highest BCUT2D eigenvalue weighted by Gasteiger charge is 2.33. The maximum absolute atomic E-state index is 12.9. The van der Waals surface area contributed by atoms with Crippen LogP contribution in [-0.2, 0) is 9.59 Å². The molecule has 2 aromatic carbocycles. The Morgan fingerprint density at radius 1 is 1.12 bits per heavy atom. The Morgan fingerprint density at radius 3 is 2.64 bits per heavy atom. The number of carbonyl (C=O) groups is 2. The molecule has 0 saturated carbocycles. The number of hydrogen-bond donors (Lipinski definition) is 1. The maximum Gasteiger partial charge on any atom is 0.248 e. The summed E-state index contributed by atoms with van der Waals surface area (Å²) in [5.41, 5.74) is 1.79. The van der Waals surface area contributed by atoms with Crippen LogP contribution in [0.1, 0.15) is 18.9 Å². The van der Waals surface area contributed by atoms with Crippen molar-refractivity contribution in [2.75, 3.05) is 43.5 Å². The summed E-state index contributed by atoms with van der Waals surface area (Å²) in [4.78, 5) is 34.2. The van der Waals surface area contributed by atoms with Crippen LogP contribution in [0.3, 0.4) is 0 Å². The highest BCUT2D eigenvalue weighted by atomic mass is 32.1. The van der Waals surface area contributed by atoms with Crippen LogP contribution < -0.4 is 15.0 Å². The molecule has 1 fully saturated rings. The van der Waals surface area contributed by atoms with E-state index in [9.17, 15) is 9.59 Å². The van der Waals surface area contributed by atoms with E-state index in [2.05, 4.69) is 15.2 Å². The summed E-state index contributed by atoms with van der Waals surface area (Å²) < 4.78 is 7.58. The molecule has 0 radical (unpaired) electrons. The van der Waals surface area contributed by atoms with Crippen molar-refractivity contribution in [1.29, 1.82) is 0 Å². The number of piperazine rings is 1. The fourth-order valence-electron chi connectivity index (χ4n) is 4.65. The zero-order valence-electron chi connectivity index (χ0n) is 18.4. The summed E-state index contributed by atoms with van der Waals surface area (Å²) in [6.07, 6.45) is 0.666. The van der Waals surface area contributed by atoms with Gasteiger partial charge in [-0.25, -0.2) is 4.98 Å². The first-order valence-corrected chi connectivity index (χ1v) is 11.5. The number of nitrogens with one attached hydrogen (secondary N) is 1. The maximum atomic E-state index is 12.9. The topological polar surface area (TPSA) is 79.7 Å². The van der Waals surface area contributed by atoms with E-state index >= 15 is 0 Å². The first-order chi connectivity index (χ1) is 16.1. The van der Waals surface area contributed by atoms with E-state index in [0.29, 0.717) is 30.1 Å². The Balaban J connectivity index is 1.24. The zero-order valence-corrected chi connectivity index (χ0v) is 19.2. The van der Waals surface area contributed by atoms with Gasteiger partial charge in [0.25, 0.3) is 0 Å². The fraction of sp³-hybridized carbons (Fsp3) is 0.333. The predicted octanol–water partition coefficient (Wildman–Crippen LogP) is 3.40. The van der Waals surface area contributed by atoms with Gasteiger partial charge in [-0.2, -0.15) is 0 Å². The second-order valence-electron chi connectivity index (χ2n) is 8.21. The standard InChI is InChI=1S/C24H25N5O3S/c1-32-20-9-5-4-8-18(20)27-12-14-28(15-13-27)21(30)11-10-19-23(31)26-22-16-6-2-3-7-17(16)25-24(33)29(19)22/h2-9,19H,10-15H2,1H3,(H,26,31). The van der Waals surface area contributed by atoms with Gasteiger partial charge in [-0.1, -0.05) is 24.3 Å². The number of amides is 2. The minimum Gasteiger partial charge on any atom is -0.495 e. The number of rotatable bonds is 5. The van der Waals surface area contributed by atoms with Crippen molar-refractivity contribution in [3.8, 4) is 5.75 Å². The Bertz CT molecular complexity index is 1280. The monoisotopic (exact) mass is 463 g/mol. The molecule has 170 valence electrons. The van der Waals surface area contributed by atoms with Crippen LogP contribution in [0.2, 0.25) is 0 Å². The molecule has 0 bridgehead atoms. The molecule has 2 amide bonds. The third kappa shape index (κ3) is 3.93. The summed E-state index contributed by atoms with van der Waals surface area (Å²) in [6, 6.07) is 15.0. The predicted molar refractivity (Wildman–Crippen MR) is 129 cm³/mol. The number of nitrogens with zero attached hydrogens (tertiary/aromatic N) is 4. The molecule has 1 aromatic heterocycles. The van der Waals surface area contributed by atoms with Crippen molar-refractivity contribution in [3.63, 3.8) is 0 Å². The third-order valence-corrected chi connectivity index (χ3v) is 6.66. The highest BCUT2D eigenvalue weighted by Crippen LogP contribution is 2.34. The van der Waals surface area contributed by atoms with Gasteiger partial charge < -0.3 is 19.9 Å². The average Bonchev–Trinajstić information content (AvgIpc) is 3.19. The number of ether oxygens (including phenoxy) is 1. The molecule has 0 spiro atoms. The van der Waals surface area contributed by atoms with Gasteiger partial charge in [0.1, 0.15) is 17.6 Å². The van der Waals surface area contributed by atoms with Crippen molar-refractivity contribution in [3.05, 3.63) is 53.3 Å². The molecule has 9 heteroatoms. The van der Waals surface area contributed by atoms with Crippen LogP contribution in [0.15, 0.2) is 48.5 Å². The zero-order chi connectivity index (χ0) is 22.9. The smallest absolute Gasteiger partial charge is 0.248 e. The molecule has 1 N–H and O–H groups in total. The fourth-order valence-corrected chi connectivity index (χ4v) is 4.97. The van der Waals surface area contributed by atoms with Crippen molar-refractivity contribution in [2.45, 2.75) is 18.9 Å². The molecule has 2 aliphatic rings. The van der Waals surface area contributed by atoms with Crippen LogP contribution in [0.4, 0.5) is 11.5 Å². The number of anilines is 2. The molecule has 8 nitrogen and oxygen atoms in total. The molecule has 3 heterocycles. The molecule has 1 saturated heterocycles. The Labute approximate surface area is 196 Å². The van der Waals surface area contributed by atoms with Gasteiger partial charge in [0.2, 0.25) is 16.6 Å². The molecule has 0 aliphatic carbocycles. The van der Waals surface area contributed by atoms with Crippen molar-refractivity contribution in [2.24, 2.45) is 0 Å². The van der Waals surface area contributed by atoms with Crippen LogP contribution in [0.25, 0.3) is 10.9 Å². The third-order valence-electron chi connectivity index (χ3n) is 6.37. The molecular weight excluding hydrogens is 438 g/mol. The number of carbonyl (C=O) groups excluding carboxylic acids is 2. The summed E-state index contributed by atoms with van der Waals surface area (Å²) in [6.45, 7) is 2.74. The highest BCUT2D eigenvalue weighted by molar-refractivity contribution is 7.71. The van der Waals surface area contributed by atoms with Crippen molar-refractivity contribution in [1.82, 2.24) is 14.5 Å². The Morgan fingerprint density at radius 2 is 1.85 bits per heavy atom. The minimum atomic E-state index is -0.525. The summed E-state index contributed by atoms with van der Waals surface area (Å²) in [5.74, 6) is 1.41. The lowest BCUT2D eigenvalue weighted by Gasteiger charge is -2.36. The first kappa shape index (κ1) is 21.4. The number of methoxy groups -OCH3 is 1. The van der Waals surface area contributed by atoms with Gasteiger partial charge in [-0.3, -0.25) is 14.2 Å². The van der Waals surface area contributed by atoms with E-state index < -0.39 is 6.04 Å². The molecule has 1 atom stereocenters. The van der Waals surface area contributed by atoms with Crippen LogP contribution in [-0.4, -0.2) is 59.6 Å². The molecule has 33 heavy (non-hydrogen) atoms. The second kappa shape index (κ2) is 8.82. The first-order valence-electron chi connectivity index (χ1n) is 11.0. The van der Waals surface area contributed by atoms with E-state index in [1.54, 1.807) is 11.7 Å². The van der Waals surface area contributed by atoms with E-state index in [1.165, 1.54) is 0 Å². The van der Waals surface area contributed by atoms with Crippen molar-refractivity contribution >= 4 is 46.4 Å².